The molecule has 0 radical (unpaired) electrons. The van der Waals surface area contributed by atoms with Crippen molar-refractivity contribution in [3.05, 3.63) is 63.4 Å². The Kier molecular flexibility index (Phi) is 4.00. The van der Waals surface area contributed by atoms with Crippen LogP contribution in [-0.4, -0.2) is 5.91 Å². The number of aryl methyl sites for hydroxylation is 2. The van der Waals surface area contributed by atoms with Gasteiger partial charge in [0, 0.05) is 10.2 Å². The van der Waals surface area contributed by atoms with E-state index in [9.17, 15) is 9.18 Å². The molecular weight excluding hydrogens is 309 g/mol. The molecule has 0 spiro atoms. The molecule has 2 aromatic carbocycles. The molecule has 0 aliphatic carbocycles. The fourth-order valence-electron chi connectivity index (χ4n) is 1.85. The van der Waals surface area contributed by atoms with E-state index in [-0.39, 0.29) is 5.56 Å². The van der Waals surface area contributed by atoms with Crippen LogP contribution in [0, 0.1) is 19.7 Å². The highest BCUT2D eigenvalue weighted by Gasteiger charge is 2.16. The Balaban J connectivity index is 2.31. The van der Waals surface area contributed by atoms with Crippen LogP contribution in [-0.2, 0) is 0 Å². The summed E-state index contributed by atoms with van der Waals surface area (Å²) in [6, 6.07) is 10.1. The summed E-state index contributed by atoms with van der Waals surface area (Å²) in [5.74, 6) is -1.01. The minimum atomic E-state index is -0.545. The highest BCUT2D eigenvalue weighted by atomic mass is 79.9. The Bertz CT molecular complexity index is 620. The van der Waals surface area contributed by atoms with Gasteiger partial charge in [0.25, 0.3) is 5.91 Å². The van der Waals surface area contributed by atoms with Crippen LogP contribution in [0.1, 0.15) is 21.5 Å². The summed E-state index contributed by atoms with van der Waals surface area (Å²) in [6.07, 6.45) is 0. The quantitative estimate of drug-likeness (QED) is 0.869. The van der Waals surface area contributed by atoms with E-state index in [4.69, 9.17) is 0 Å². The largest absolute Gasteiger partial charge is 0.322 e. The topological polar surface area (TPSA) is 29.1 Å². The predicted octanol–water partition coefficient (Wildman–Crippen LogP) is 4.46. The zero-order chi connectivity index (χ0) is 14.0. The number of nitrogens with one attached hydrogen (secondary N) is 1. The molecule has 98 valence electrons. The van der Waals surface area contributed by atoms with Crippen molar-refractivity contribution >= 4 is 27.5 Å². The van der Waals surface area contributed by atoms with Gasteiger partial charge in [-0.05, 0) is 53.5 Å². The first kappa shape index (κ1) is 13.7. The number of amides is 1. The van der Waals surface area contributed by atoms with Gasteiger partial charge in [0.1, 0.15) is 5.82 Å². The predicted molar refractivity (Wildman–Crippen MR) is 78.0 cm³/mol. The molecule has 0 saturated heterocycles. The molecule has 0 bridgehead atoms. The summed E-state index contributed by atoms with van der Waals surface area (Å²) in [5.41, 5.74) is 2.76. The number of rotatable bonds is 2. The fraction of sp³-hybridized carbons (Fsp3) is 0.133. The first-order chi connectivity index (χ1) is 8.99. The maximum Gasteiger partial charge on any atom is 0.259 e. The Hall–Kier alpha value is -1.68. The minimum absolute atomic E-state index is 0.0162. The van der Waals surface area contributed by atoms with Crippen LogP contribution >= 0.6 is 15.9 Å². The van der Waals surface area contributed by atoms with Crippen LogP contribution in [0.25, 0.3) is 0 Å². The number of anilines is 1. The summed E-state index contributed by atoms with van der Waals surface area (Å²) in [6.45, 7) is 3.88. The maximum absolute atomic E-state index is 13.7. The molecule has 0 aromatic heterocycles. The molecule has 2 nitrogen and oxygen atoms in total. The summed E-state index contributed by atoms with van der Waals surface area (Å²) in [4.78, 5) is 12.1. The number of carbonyl (C=O) groups is 1. The van der Waals surface area contributed by atoms with Gasteiger partial charge in [0.2, 0.25) is 0 Å². The van der Waals surface area contributed by atoms with Crippen molar-refractivity contribution in [3.63, 3.8) is 0 Å². The second kappa shape index (κ2) is 5.53. The highest BCUT2D eigenvalue weighted by Crippen LogP contribution is 2.22. The number of halogens is 2. The third kappa shape index (κ3) is 3.01. The number of benzene rings is 2. The Morgan fingerprint density at radius 2 is 1.95 bits per heavy atom. The second-order valence-corrected chi connectivity index (χ2v) is 5.22. The highest BCUT2D eigenvalue weighted by molar-refractivity contribution is 9.10. The second-order valence-electron chi connectivity index (χ2n) is 4.37. The molecule has 0 saturated carbocycles. The summed E-state index contributed by atoms with van der Waals surface area (Å²) < 4.78 is 14.1. The van der Waals surface area contributed by atoms with Crippen LogP contribution in [0.3, 0.4) is 0 Å². The average Bonchev–Trinajstić information content (AvgIpc) is 2.32. The normalized spacial score (nSPS) is 10.3. The van der Waals surface area contributed by atoms with Gasteiger partial charge in [-0.3, -0.25) is 4.79 Å². The van der Waals surface area contributed by atoms with Crippen molar-refractivity contribution in [2.45, 2.75) is 13.8 Å². The van der Waals surface area contributed by atoms with Crippen LogP contribution in [0.4, 0.5) is 10.1 Å². The van der Waals surface area contributed by atoms with E-state index >= 15 is 0 Å². The van der Waals surface area contributed by atoms with E-state index in [0.717, 1.165) is 11.1 Å². The zero-order valence-corrected chi connectivity index (χ0v) is 12.2. The average molecular weight is 322 g/mol. The molecule has 19 heavy (non-hydrogen) atoms. The lowest BCUT2D eigenvalue weighted by Gasteiger charge is -2.10. The smallest absolute Gasteiger partial charge is 0.259 e. The van der Waals surface area contributed by atoms with Gasteiger partial charge in [-0.15, -0.1) is 0 Å². The van der Waals surface area contributed by atoms with Crippen molar-refractivity contribution in [2.75, 3.05) is 5.32 Å². The Morgan fingerprint density at radius 1 is 1.21 bits per heavy atom. The van der Waals surface area contributed by atoms with E-state index in [0.29, 0.717) is 10.2 Å². The lowest BCUT2D eigenvalue weighted by Crippen LogP contribution is -2.15. The third-order valence-corrected chi connectivity index (χ3v) is 3.48. The molecule has 0 atom stereocenters. The lowest BCUT2D eigenvalue weighted by molar-refractivity contribution is 0.102. The molecule has 1 N–H and O–H groups in total. The molecular formula is C15H13BrFNO. The summed E-state index contributed by atoms with van der Waals surface area (Å²) in [7, 11) is 0. The molecule has 0 aliphatic rings. The maximum atomic E-state index is 13.7. The fourth-order valence-corrected chi connectivity index (χ4v) is 2.38. The molecule has 1 amide bonds. The molecule has 0 fully saturated rings. The van der Waals surface area contributed by atoms with Crippen molar-refractivity contribution in [2.24, 2.45) is 0 Å². The van der Waals surface area contributed by atoms with Crippen molar-refractivity contribution in [3.8, 4) is 0 Å². The van der Waals surface area contributed by atoms with E-state index in [2.05, 4.69) is 21.2 Å². The monoisotopic (exact) mass is 321 g/mol. The third-order valence-electron chi connectivity index (χ3n) is 2.82. The van der Waals surface area contributed by atoms with E-state index in [1.165, 1.54) is 6.07 Å². The Labute approximate surface area is 119 Å². The lowest BCUT2D eigenvalue weighted by atomic mass is 10.1. The van der Waals surface area contributed by atoms with Crippen molar-refractivity contribution in [1.29, 1.82) is 0 Å². The first-order valence-corrected chi connectivity index (χ1v) is 6.61. The Morgan fingerprint density at radius 3 is 2.58 bits per heavy atom. The van der Waals surface area contributed by atoms with Gasteiger partial charge in [-0.1, -0.05) is 23.8 Å². The van der Waals surface area contributed by atoms with Crippen molar-refractivity contribution in [1.82, 2.24) is 0 Å². The van der Waals surface area contributed by atoms with Crippen LogP contribution in [0.15, 0.2) is 40.9 Å². The van der Waals surface area contributed by atoms with E-state index in [1.54, 1.807) is 12.1 Å². The summed E-state index contributed by atoms with van der Waals surface area (Å²) in [5, 5.41) is 2.73. The van der Waals surface area contributed by atoms with Gasteiger partial charge >= 0.3 is 0 Å². The summed E-state index contributed by atoms with van der Waals surface area (Å²) >= 11 is 3.19. The molecule has 0 aliphatic heterocycles. The SMILES string of the molecule is Cc1ccc(NC(=O)c2c(F)cccc2Br)c(C)c1. The number of hydrogen-bond donors (Lipinski definition) is 1. The van der Waals surface area contributed by atoms with Gasteiger partial charge in [0.15, 0.2) is 0 Å². The first-order valence-electron chi connectivity index (χ1n) is 5.81. The van der Waals surface area contributed by atoms with E-state index < -0.39 is 11.7 Å². The minimum Gasteiger partial charge on any atom is -0.322 e. The van der Waals surface area contributed by atoms with Crippen LogP contribution in [0.5, 0.6) is 0 Å². The molecule has 0 unspecified atom stereocenters. The van der Waals surface area contributed by atoms with Gasteiger partial charge < -0.3 is 5.32 Å². The van der Waals surface area contributed by atoms with Gasteiger partial charge in [-0.2, -0.15) is 0 Å². The van der Waals surface area contributed by atoms with Crippen molar-refractivity contribution < 1.29 is 9.18 Å². The molecule has 2 aromatic rings. The number of carbonyl (C=O) groups excluding carboxylic acids is 1. The number of hydrogen-bond acceptors (Lipinski definition) is 1. The van der Waals surface area contributed by atoms with E-state index in [1.807, 2.05) is 32.0 Å². The van der Waals surface area contributed by atoms with Crippen LogP contribution < -0.4 is 5.32 Å². The molecule has 4 heteroatoms. The van der Waals surface area contributed by atoms with Crippen LogP contribution in [0.2, 0.25) is 0 Å². The van der Waals surface area contributed by atoms with Gasteiger partial charge in [0.05, 0.1) is 5.56 Å². The molecule has 2 rings (SSSR count). The zero-order valence-electron chi connectivity index (χ0n) is 10.6. The standard InChI is InChI=1S/C15H13BrFNO/c1-9-6-7-13(10(2)8-9)18-15(19)14-11(16)4-3-5-12(14)17/h3-8H,1-2H3,(H,18,19). The van der Waals surface area contributed by atoms with Gasteiger partial charge in [-0.25, -0.2) is 4.39 Å². The molecule has 0 heterocycles.